The van der Waals surface area contributed by atoms with Crippen LogP contribution in [0.4, 0.5) is 0 Å². The highest BCUT2D eigenvalue weighted by atomic mass is 35.5. The van der Waals surface area contributed by atoms with Crippen molar-refractivity contribution in [3.05, 3.63) is 52.4 Å². The molecule has 0 fully saturated rings. The Morgan fingerprint density at radius 2 is 2.00 bits per heavy atom. The van der Waals surface area contributed by atoms with Crippen molar-refractivity contribution < 1.29 is 0 Å². The zero-order chi connectivity index (χ0) is 11.2. The first-order valence-electron chi connectivity index (χ1n) is 6.51. The van der Waals surface area contributed by atoms with E-state index >= 15 is 0 Å². The van der Waals surface area contributed by atoms with Crippen molar-refractivity contribution >= 4 is 24.1 Å². The van der Waals surface area contributed by atoms with E-state index in [9.17, 15) is 0 Å². The molecule has 4 rings (SSSR count). The summed E-state index contributed by atoms with van der Waals surface area (Å²) in [5.74, 6) is 0. The van der Waals surface area contributed by atoms with Crippen molar-refractivity contribution in [1.29, 1.82) is 0 Å². The minimum absolute atomic E-state index is 0. The molecule has 0 unspecified atom stereocenters. The first-order chi connectivity index (χ1) is 8.40. The van der Waals surface area contributed by atoms with Crippen LogP contribution in [-0.2, 0) is 12.8 Å². The Kier molecular flexibility index (Phi) is 2.87. The molecule has 0 N–H and O–H groups in total. The van der Waals surface area contributed by atoms with Crippen LogP contribution in [0, 0.1) is 0 Å². The molecule has 18 heavy (non-hydrogen) atoms. The first kappa shape index (κ1) is 11.7. The predicted octanol–water partition coefficient (Wildman–Crippen LogP) is 4.12. The molecule has 1 aromatic heterocycles. The average molecular weight is 258 g/mol. The highest BCUT2D eigenvalue weighted by Gasteiger charge is 2.20. The van der Waals surface area contributed by atoms with Crippen LogP contribution in [0.15, 0.2) is 29.9 Å². The number of rotatable bonds is 0. The maximum Gasteiger partial charge on any atom is 0.0711 e. The van der Waals surface area contributed by atoms with Crippen molar-refractivity contribution in [1.82, 2.24) is 4.98 Å². The Bertz CT molecular complexity index is 593. The quantitative estimate of drug-likeness (QED) is 0.681. The van der Waals surface area contributed by atoms with Gasteiger partial charge in [-0.2, -0.15) is 0 Å². The average Bonchev–Trinajstić information content (AvgIpc) is 2.37. The van der Waals surface area contributed by atoms with Gasteiger partial charge in [-0.05, 0) is 61.0 Å². The number of hydrogen-bond donors (Lipinski definition) is 0. The molecule has 1 aromatic rings. The number of fused-ring (bicyclic) bond motifs is 5. The molecular weight excluding hydrogens is 242 g/mol. The van der Waals surface area contributed by atoms with Crippen molar-refractivity contribution in [3.63, 3.8) is 0 Å². The lowest BCUT2D eigenvalue weighted by atomic mass is 9.84. The summed E-state index contributed by atoms with van der Waals surface area (Å²) in [5.41, 5.74) is 8.25. The van der Waals surface area contributed by atoms with Gasteiger partial charge in [-0.15, -0.1) is 12.4 Å². The van der Waals surface area contributed by atoms with E-state index in [1.165, 1.54) is 59.3 Å². The largest absolute Gasteiger partial charge is 0.253 e. The van der Waals surface area contributed by atoms with Gasteiger partial charge in [-0.1, -0.05) is 18.2 Å². The van der Waals surface area contributed by atoms with Crippen LogP contribution in [0.5, 0.6) is 0 Å². The summed E-state index contributed by atoms with van der Waals surface area (Å²) in [6.45, 7) is 0. The van der Waals surface area contributed by atoms with E-state index in [0.717, 1.165) is 6.42 Å². The van der Waals surface area contributed by atoms with Crippen LogP contribution in [0.1, 0.15) is 41.8 Å². The Hall–Kier alpha value is -1.34. The van der Waals surface area contributed by atoms with Crippen molar-refractivity contribution in [3.8, 4) is 0 Å². The number of pyridine rings is 1. The van der Waals surface area contributed by atoms with Crippen LogP contribution in [-0.4, -0.2) is 4.98 Å². The number of aromatic nitrogens is 1. The van der Waals surface area contributed by atoms with E-state index in [-0.39, 0.29) is 12.4 Å². The number of halogens is 1. The van der Waals surface area contributed by atoms with Gasteiger partial charge in [-0.3, -0.25) is 4.98 Å². The summed E-state index contributed by atoms with van der Waals surface area (Å²) in [4.78, 5) is 4.89. The number of nitrogens with zero attached hydrogens (tertiary/aromatic N) is 1. The fourth-order valence-corrected chi connectivity index (χ4v) is 3.10. The van der Waals surface area contributed by atoms with Gasteiger partial charge in [0, 0.05) is 11.3 Å². The summed E-state index contributed by atoms with van der Waals surface area (Å²) < 4.78 is 0. The van der Waals surface area contributed by atoms with Crippen LogP contribution >= 0.6 is 12.4 Å². The SMILES string of the molecule is C1=CC2=Cc3nc4c(cc3C(=C1)C2)CCCC4.Cl. The van der Waals surface area contributed by atoms with Gasteiger partial charge < -0.3 is 0 Å². The number of allylic oxidation sites excluding steroid dienone is 5. The lowest BCUT2D eigenvalue weighted by Crippen LogP contribution is -2.10. The fourth-order valence-electron chi connectivity index (χ4n) is 3.10. The molecule has 0 atom stereocenters. The maximum atomic E-state index is 4.89. The van der Waals surface area contributed by atoms with E-state index in [4.69, 9.17) is 4.98 Å². The second kappa shape index (κ2) is 4.40. The minimum Gasteiger partial charge on any atom is -0.253 e. The second-order valence-corrected chi connectivity index (χ2v) is 5.18. The molecule has 2 heteroatoms. The Labute approximate surface area is 114 Å². The van der Waals surface area contributed by atoms with Gasteiger partial charge in [-0.25, -0.2) is 0 Å². The van der Waals surface area contributed by atoms with E-state index < -0.39 is 0 Å². The third kappa shape index (κ3) is 1.74. The first-order valence-corrected chi connectivity index (χ1v) is 6.51. The zero-order valence-electron chi connectivity index (χ0n) is 10.3. The van der Waals surface area contributed by atoms with Gasteiger partial charge in [0.05, 0.1) is 5.69 Å². The monoisotopic (exact) mass is 257 g/mol. The summed E-state index contributed by atoms with van der Waals surface area (Å²) in [5, 5.41) is 0. The van der Waals surface area contributed by atoms with Crippen LogP contribution < -0.4 is 0 Å². The molecule has 1 heterocycles. The molecule has 92 valence electrons. The van der Waals surface area contributed by atoms with Crippen LogP contribution in [0.3, 0.4) is 0 Å². The normalized spacial score (nSPS) is 19.1. The maximum absolute atomic E-state index is 4.89. The molecule has 0 aromatic carbocycles. The summed E-state index contributed by atoms with van der Waals surface area (Å²) >= 11 is 0. The highest BCUT2D eigenvalue weighted by Crippen LogP contribution is 2.36. The Morgan fingerprint density at radius 1 is 1.11 bits per heavy atom. The van der Waals surface area contributed by atoms with Crippen molar-refractivity contribution in [2.24, 2.45) is 0 Å². The smallest absolute Gasteiger partial charge is 0.0711 e. The lowest BCUT2D eigenvalue weighted by Gasteiger charge is -2.23. The minimum atomic E-state index is 0. The molecule has 3 aliphatic rings. The van der Waals surface area contributed by atoms with Gasteiger partial charge in [0.25, 0.3) is 0 Å². The van der Waals surface area contributed by atoms with Gasteiger partial charge in [0.1, 0.15) is 0 Å². The molecule has 3 aliphatic carbocycles. The Balaban J connectivity index is 0.000001000. The van der Waals surface area contributed by atoms with E-state index in [0.29, 0.717) is 0 Å². The van der Waals surface area contributed by atoms with E-state index in [1.807, 2.05) is 0 Å². The van der Waals surface area contributed by atoms with Gasteiger partial charge in [0.15, 0.2) is 0 Å². The number of hydrogen-bond acceptors (Lipinski definition) is 1. The molecule has 0 aliphatic heterocycles. The third-order valence-corrected chi connectivity index (χ3v) is 4.00. The highest BCUT2D eigenvalue weighted by molar-refractivity contribution is 5.85. The van der Waals surface area contributed by atoms with Crippen LogP contribution in [0.25, 0.3) is 11.6 Å². The predicted molar refractivity (Wildman–Crippen MR) is 77.8 cm³/mol. The van der Waals surface area contributed by atoms with Crippen molar-refractivity contribution in [2.45, 2.75) is 32.1 Å². The third-order valence-electron chi connectivity index (χ3n) is 4.00. The molecular formula is C16H16ClN. The molecule has 0 radical (unpaired) electrons. The van der Waals surface area contributed by atoms with E-state index in [1.54, 1.807) is 0 Å². The topological polar surface area (TPSA) is 12.9 Å². The molecule has 2 bridgehead atoms. The molecule has 0 spiro atoms. The molecule has 0 amide bonds. The molecule has 1 nitrogen and oxygen atoms in total. The fraction of sp³-hybridized carbons (Fsp3) is 0.312. The van der Waals surface area contributed by atoms with Crippen molar-refractivity contribution in [2.75, 3.05) is 0 Å². The lowest BCUT2D eigenvalue weighted by molar-refractivity contribution is 0.666. The van der Waals surface area contributed by atoms with Gasteiger partial charge >= 0.3 is 0 Å². The summed E-state index contributed by atoms with van der Waals surface area (Å²) in [6, 6.07) is 2.40. The number of aryl methyl sites for hydroxylation is 2. The molecule has 0 saturated carbocycles. The standard InChI is InChI=1S/C16H15N.ClH/c1-2-7-15-13(5-1)10-14-12-6-3-4-11(8-12)9-16(14)17-15;/h3-4,6,9-10H,1-2,5,7-8H2;1H. The Morgan fingerprint density at radius 3 is 2.94 bits per heavy atom. The second-order valence-electron chi connectivity index (χ2n) is 5.18. The zero-order valence-corrected chi connectivity index (χ0v) is 11.1. The van der Waals surface area contributed by atoms with E-state index in [2.05, 4.69) is 30.4 Å². The summed E-state index contributed by atoms with van der Waals surface area (Å²) in [6.07, 6.45) is 15.0. The molecule has 0 saturated heterocycles. The van der Waals surface area contributed by atoms with Gasteiger partial charge in [0.2, 0.25) is 0 Å². The van der Waals surface area contributed by atoms with Crippen LogP contribution in [0.2, 0.25) is 0 Å². The summed E-state index contributed by atoms with van der Waals surface area (Å²) in [7, 11) is 0.